The zero-order valence-corrected chi connectivity index (χ0v) is 8.01. The molecule has 1 unspecified atom stereocenters. The molecule has 1 aromatic carbocycles. The molecule has 2 rings (SSSR count). The molecule has 0 fully saturated rings. The van der Waals surface area contributed by atoms with Crippen molar-refractivity contribution in [2.75, 3.05) is 0 Å². The summed E-state index contributed by atoms with van der Waals surface area (Å²) >= 11 is 0. The highest BCUT2D eigenvalue weighted by Gasteiger charge is 2.19. The summed E-state index contributed by atoms with van der Waals surface area (Å²) in [6.07, 6.45) is 0. The molecule has 0 bridgehead atoms. The van der Waals surface area contributed by atoms with Crippen LogP contribution in [0.5, 0.6) is 0 Å². The minimum Gasteiger partial charge on any atom is -0.480 e. The van der Waals surface area contributed by atoms with E-state index in [2.05, 4.69) is 0 Å². The molecular weight excluding hydrogens is 198 g/mol. The summed E-state index contributed by atoms with van der Waals surface area (Å²) in [4.78, 5) is 22.2. The Labute approximate surface area is 84.5 Å². The normalized spacial score (nSPS) is 12.9. The number of hydrogen-bond donors (Lipinski definition) is 1. The Kier molecular flexibility index (Phi) is 2.07. The van der Waals surface area contributed by atoms with E-state index in [9.17, 15) is 9.59 Å². The van der Waals surface area contributed by atoms with Gasteiger partial charge in [-0.25, -0.2) is 9.59 Å². The third-order valence-corrected chi connectivity index (χ3v) is 2.26. The van der Waals surface area contributed by atoms with E-state index in [1.165, 1.54) is 6.92 Å². The van der Waals surface area contributed by atoms with Gasteiger partial charge in [-0.15, -0.1) is 0 Å². The fraction of sp³-hybridized carbons (Fsp3) is 0.200. The zero-order chi connectivity index (χ0) is 11.0. The predicted octanol–water partition coefficient (Wildman–Crippen LogP) is 1.24. The molecule has 0 amide bonds. The molecule has 0 aliphatic heterocycles. The lowest BCUT2D eigenvalue weighted by molar-refractivity contribution is -0.140. The Bertz CT molecular complexity index is 566. The van der Waals surface area contributed by atoms with Crippen molar-refractivity contribution in [1.29, 1.82) is 0 Å². The van der Waals surface area contributed by atoms with Gasteiger partial charge in [-0.1, -0.05) is 12.1 Å². The Morgan fingerprint density at radius 1 is 1.47 bits per heavy atom. The van der Waals surface area contributed by atoms with Crippen molar-refractivity contribution >= 4 is 17.1 Å². The number of oxazole rings is 1. The first-order valence-electron chi connectivity index (χ1n) is 4.44. The highest BCUT2D eigenvalue weighted by Crippen LogP contribution is 2.16. The van der Waals surface area contributed by atoms with Gasteiger partial charge in [0.1, 0.15) is 6.04 Å². The number of rotatable bonds is 2. The lowest BCUT2D eigenvalue weighted by Crippen LogP contribution is -2.24. The standard InChI is InChI=1S/C10H9NO4/c1-6(9(12)13)11-7-4-2-3-5-8(7)15-10(11)14/h2-6H,1H3,(H,12,13). The average molecular weight is 207 g/mol. The summed E-state index contributed by atoms with van der Waals surface area (Å²) in [7, 11) is 0. The first-order valence-corrected chi connectivity index (χ1v) is 4.44. The number of carboxylic acid groups (broad SMARTS) is 1. The largest absolute Gasteiger partial charge is 0.480 e. The Morgan fingerprint density at radius 3 is 2.80 bits per heavy atom. The van der Waals surface area contributed by atoms with Crippen molar-refractivity contribution in [1.82, 2.24) is 4.57 Å². The maximum Gasteiger partial charge on any atom is 0.420 e. The van der Waals surface area contributed by atoms with E-state index in [1.54, 1.807) is 24.3 Å². The van der Waals surface area contributed by atoms with E-state index in [4.69, 9.17) is 9.52 Å². The number of fused-ring (bicyclic) bond motifs is 1. The van der Waals surface area contributed by atoms with Gasteiger partial charge in [-0.3, -0.25) is 4.57 Å². The predicted molar refractivity (Wildman–Crippen MR) is 52.8 cm³/mol. The lowest BCUT2D eigenvalue weighted by atomic mass is 10.3. The van der Waals surface area contributed by atoms with Gasteiger partial charge in [0.25, 0.3) is 0 Å². The van der Waals surface area contributed by atoms with Gasteiger partial charge in [0.15, 0.2) is 5.58 Å². The number of carboxylic acids is 1. The third-order valence-electron chi connectivity index (χ3n) is 2.26. The molecule has 1 atom stereocenters. The molecule has 2 aromatic rings. The molecule has 0 spiro atoms. The van der Waals surface area contributed by atoms with Crippen LogP contribution in [0.1, 0.15) is 13.0 Å². The summed E-state index contributed by atoms with van der Waals surface area (Å²) in [6, 6.07) is 5.80. The second-order valence-electron chi connectivity index (χ2n) is 3.22. The number of hydrogen-bond acceptors (Lipinski definition) is 3. The van der Waals surface area contributed by atoms with E-state index < -0.39 is 17.8 Å². The second-order valence-corrected chi connectivity index (χ2v) is 3.22. The van der Waals surface area contributed by atoms with Gasteiger partial charge in [-0.05, 0) is 19.1 Å². The fourth-order valence-corrected chi connectivity index (χ4v) is 1.46. The van der Waals surface area contributed by atoms with Gasteiger partial charge in [0.2, 0.25) is 0 Å². The molecule has 1 N–H and O–H groups in total. The molecule has 0 radical (unpaired) electrons. The van der Waals surface area contributed by atoms with Crippen LogP contribution in [0.15, 0.2) is 33.5 Å². The van der Waals surface area contributed by atoms with Crippen molar-refractivity contribution in [3.63, 3.8) is 0 Å². The monoisotopic (exact) mass is 207 g/mol. The molecule has 1 heterocycles. The van der Waals surface area contributed by atoms with Crippen LogP contribution in [-0.2, 0) is 4.79 Å². The molecule has 78 valence electrons. The lowest BCUT2D eigenvalue weighted by Gasteiger charge is -2.05. The van der Waals surface area contributed by atoms with Crippen LogP contribution in [0.3, 0.4) is 0 Å². The van der Waals surface area contributed by atoms with E-state index in [-0.39, 0.29) is 0 Å². The van der Waals surface area contributed by atoms with Gasteiger partial charge in [0.05, 0.1) is 5.52 Å². The molecule has 15 heavy (non-hydrogen) atoms. The molecular formula is C10H9NO4. The van der Waals surface area contributed by atoms with Crippen LogP contribution in [0.2, 0.25) is 0 Å². The van der Waals surface area contributed by atoms with E-state index >= 15 is 0 Å². The molecule has 5 heteroatoms. The van der Waals surface area contributed by atoms with E-state index in [1.807, 2.05) is 0 Å². The quantitative estimate of drug-likeness (QED) is 0.804. The van der Waals surface area contributed by atoms with E-state index in [0.29, 0.717) is 11.1 Å². The Morgan fingerprint density at radius 2 is 2.13 bits per heavy atom. The maximum atomic E-state index is 11.4. The number of nitrogens with zero attached hydrogens (tertiary/aromatic N) is 1. The summed E-state index contributed by atoms with van der Waals surface area (Å²) < 4.78 is 6.04. The summed E-state index contributed by atoms with van der Waals surface area (Å²) in [5.74, 6) is -1.71. The highest BCUT2D eigenvalue weighted by molar-refractivity contribution is 5.77. The smallest absolute Gasteiger partial charge is 0.420 e. The van der Waals surface area contributed by atoms with Gasteiger partial charge in [0, 0.05) is 0 Å². The average Bonchev–Trinajstić information content (AvgIpc) is 2.52. The number of aromatic nitrogens is 1. The summed E-state index contributed by atoms with van der Waals surface area (Å²) in [5.41, 5.74) is 0.896. The van der Waals surface area contributed by atoms with Crippen molar-refractivity contribution in [2.45, 2.75) is 13.0 Å². The summed E-state index contributed by atoms with van der Waals surface area (Å²) in [6.45, 7) is 1.44. The van der Waals surface area contributed by atoms with E-state index in [0.717, 1.165) is 4.57 Å². The molecule has 0 aliphatic rings. The van der Waals surface area contributed by atoms with Crippen molar-refractivity contribution in [3.05, 3.63) is 34.8 Å². The van der Waals surface area contributed by atoms with Gasteiger partial charge >= 0.3 is 11.7 Å². The van der Waals surface area contributed by atoms with Crippen LogP contribution in [0.25, 0.3) is 11.1 Å². The molecule has 0 aliphatic carbocycles. The SMILES string of the molecule is CC(C(=O)O)n1c(=O)oc2ccccc21. The van der Waals surface area contributed by atoms with Crippen molar-refractivity contribution in [2.24, 2.45) is 0 Å². The van der Waals surface area contributed by atoms with Crippen molar-refractivity contribution < 1.29 is 14.3 Å². The van der Waals surface area contributed by atoms with Crippen molar-refractivity contribution in [3.8, 4) is 0 Å². The first kappa shape index (κ1) is 9.51. The van der Waals surface area contributed by atoms with Crippen LogP contribution in [-0.4, -0.2) is 15.6 Å². The summed E-state index contributed by atoms with van der Waals surface area (Å²) in [5, 5.41) is 8.84. The number of benzene rings is 1. The highest BCUT2D eigenvalue weighted by atomic mass is 16.4. The Hall–Kier alpha value is -2.04. The molecule has 0 saturated carbocycles. The number of carbonyl (C=O) groups is 1. The van der Waals surface area contributed by atoms with Crippen LogP contribution >= 0.6 is 0 Å². The number of aliphatic carboxylic acids is 1. The molecule has 1 aromatic heterocycles. The van der Waals surface area contributed by atoms with Gasteiger partial charge in [-0.2, -0.15) is 0 Å². The molecule has 0 saturated heterocycles. The van der Waals surface area contributed by atoms with Crippen LogP contribution < -0.4 is 5.76 Å². The van der Waals surface area contributed by atoms with Crippen LogP contribution in [0, 0.1) is 0 Å². The third kappa shape index (κ3) is 1.41. The van der Waals surface area contributed by atoms with Crippen LogP contribution in [0.4, 0.5) is 0 Å². The topological polar surface area (TPSA) is 72.4 Å². The second kappa shape index (κ2) is 3.27. The zero-order valence-electron chi connectivity index (χ0n) is 8.01. The first-order chi connectivity index (χ1) is 7.11. The maximum absolute atomic E-state index is 11.4. The fourth-order valence-electron chi connectivity index (χ4n) is 1.46. The van der Waals surface area contributed by atoms with Gasteiger partial charge < -0.3 is 9.52 Å². The minimum atomic E-state index is -1.07. The number of para-hydroxylation sites is 2. The minimum absolute atomic E-state index is 0.399. The molecule has 5 nitrogen and oxygen atoms in total. The Balaban J connectivity index is 2.74.